The van der Waals surface area contributed by atoms with Gasteiger partial charge >= 0.3 is 18.1 Å². The molecule has 1 atom stereocenters. The Kier molecular flexibility index (Phi) is 11.1. The van der Waals surface area contributed by atoms with Gasteiger partial charge in [-0.3, -0.25) is 5.26 Å². The molecule has 9 nitrogen and oxygen atoms in total. The van der Waals surface area contributed by atoms with E-state index in [1.807, 2.05) is 0 Å². The number of carbonyl (C=O) groups is 2. The predicted molar refractivity (Wildman–Crippen MR) is 145 cm³/mol. The van der Waals surface area contributed by atoms with Crippen molar-refractivity contribution in [3.8, 4) is 11.5 Å². The van der Waals surface area contributed by atoms with Gasteiger partial charge in [0.25, 0.3) is 0 Å². The third kappa shape index (κ3) is 10.9. The maximum Gasteiger partial charge on any atom is 0.389 e. The largest absolute Gasteiger partial charge is 0.494 e. The highest BCUT2D eigenvalue weighted by Gasteiger charge is 2.26. The molecule has 0 aromatic heterocycles. The van der Waals surface area contributed by atoms with Crippen molar-refractivity contribution in [1.82, 2.24) is 0 Å². The lowest BCUT2D eigenvalue weighted by molar-refractivity contribution is -0.284. The zero-order chi connectivity index (χ0) is 29.8. The Hall–Kier alpha value is -4.55. The van der Waals surface area contributed by atoms with Gasteiger partial charge in [-0.25, -0.2) is 14.5 Å². The molecule has 0 saturated carbocycles. The number of esters is 2. The van der Waals surface area contributed by atoms with Crippen LogP contribution in [-0.4, -0.2) is 36.6 Å². The second-order valence-corrected chi connectivity index (χ2v) is 8.87. The predicted octanol–water partition coefficient (Wildman–Crippen LogP) is 5.97. The Morgan fingerprint density at radius 2 is 1.54 bits per heavy atom. The molecule has 0 radical (unpaired) electrons. The van der Waals surface area contributed by atoms with E-state index in [-0.39, 0.29) is 37.4 Å². The number of nitrogen functional groups attached to an aromatic ring is 2. The van der Waals surface area contributed by atoms with Gasteiger partial charge in [0.05, 0.1) is 18.8 Å². The van der Waals surface area contributed by atoms with Gasteiger partial charge in [0.1, 0.15) is 17.6 Å². The summed E-state index contributed by atoms with van der Waals surface area (Å²) in [6, 6.07) is 16.9. The number of anilines is 2. The van der Waals surface area contributed by atoms with Crippen molar-refractivity contribution in [3.05, 3.63) is 89.5 Å². The van der Waals surface area contributed by atoms with Crippen LogP contribution in [0.2, 0.25) is 0 Å². The molecule has 0 heterocycles. The summed E-state index contributed by atoms with van der Waals surface area (Å²) >= 11 is 0. The van der Waals surface area contributed by atoms with Crippen LogP contribution in [0.5, 0.6) is 11.5 Å². The summed E-state index contributed by atoms with van der Waals surface area (Å²) in [6.07, 6.45) is -3.20. The van der Waals surface area contributed by atoms with Crippen molar-refractivity contribution >= 4 is 29.4 Å². The number of ether oxygens (including phenoxy) is 3. The molecule has 0 aliphatic rings. The zero-order valence-corrected chi connectivity index (χ0v) is 21.8. The Bertz CT molecular complexity index is 1310. The van der Waals surface area contributed by atoms with E-state index in [2.05, 4.69) is 4.89 Å². The Morgan fingerprint density at radius 1 is 0.902 bits per heavy atom. The number of halogens is 3. The van der Waals surface area contributed by atoms with Crippen LogP contribution >= 0.6 is 0 Å². The van der Waals surface area contributed by atoms with Gasteiger partial charge < -0.3 is 25.7 Å². The van der Waals surface area contributed by atoms with Crippen LogP contribution in [0.15, 0.2) is 72.8 Å². The highest BCUT2D eigenvalue weighted by Crippen LogP contribution is 2.25. The van der Waals surface area contributed by atoms with E-state index in [0.717, 1.165) is 0 Å². The normalized spacial score (nSPS) is 12.2. The highest BCUT2D eigenvalue weighted by molar-refractivity contribution is 5.91. The molecule has 1 unspecified atom stereocenters. The van der Waals surface area contributed by atoms with E-state index in [0.29, 0.717) is 28.3 Å². The fraction of sp³-hybridized carbons (Fsp3) is 0.241. The van der Waals surface area contributed by atoms with Crippen molar-refractivity contribution in [2.45, 2.75) is 31.5 Å². The molecule has 0 amide bonds. The summed E-state index contributed by atoms with van der Waals surface area (Å²) in [7, 11) is 0. The van der Waals surface area contributed by atoms with E-state index < -0.39 is 30.6 Å². The molecular formula is C29H29F3N2O7. The lowest BCUT2D eigenvalue weighted by atomic mass is 10.1. The maximum absolute atomic E-state index is 12.4. The van der Waals surface area contributed by atoms with Crippen molar-refractivity contribution < 1.29 is 47.1 Å². The minimum atomic E-state index is -4.23. The molecule has 0 spiro atoms. The summed E-state index contributed by atoms with van der Waals surface area (Å²) in [5, 5.41) is 9.19. The van der Waals surface area contributed by atoms with E-state index in [4.69, 9.17) is 25.7 Å². The zero-order valence-electron chi connectivity index (χ0n) is 21.8. The molecule has 0 saturated heterocycles. The van der Waals surface area contributed by atoms with Gasteiger partial charge in [-0.2, -0.15) is 13.2 Å². The van der Waals surface area contributed by atoms with Crippen molar-refractivity contribution in [2.24, 2.45) is 0 Å². The second-order valence-electron chi connectivity index (χ2n) is 8.87. The van der Waals surface area contributed by atoms with Crippen LogP contribution in [0.3, 0.4) is 0 Å². The number of hydrogen-bond acceptors (Lipinski definition) is 9. The molecule has 0 aliphatic carbocycles. The fourth-order valence-electron chi connectivity index (χ4n) is 3.61. The van der Waals surface area contributed by atoms with Gasteiger partial charge in [0.2, 0.25) is 0 Å². The van der Waals surface area contributed by atoms with Gasteiger partial charge in [-0.05, 0) is 78.2 Å². The lowest BCUT2D eigenvalue weighted by Gasteiger charge is -2.14. The first kappa shape index (κ1) is 31.0. The van der Waals surface area contributed by atoms with Crippen molar-refractivity contribution in [1.29, 1.82) is 0 Å². The molecule has 3 aromatic rings. The van der Waals surface area contributed by atoms with Crippen LogP contribution in [0.1, 0.15) is 46.9 Å². The molecule has 0 fully saturated rings. The SMILES string of the molecule is Nc1cc(N)cc(C(CCOC(=O)/C=C/c2ccc(OC(=O)c3ccc(OCCCC(F)(F)F)cc3)cc2)OO)c1. The molecule has 41 heavy (non-hydrogen) atoms. The van der Waals surface area contributed by atoms with E-state index >= 15 is 0 Å². The summed E-state index contributed by atoms with van der Waals surface area (Å²) in [5.41, 5.74) is 13.7. The van der Waals surface area contributed by atoms with Crippen LogP contribution in [0.4, 0.5) is 24.5 Å². The molecule has 3 rings (SSSR count). The number of carbonyl (C=O) groups excluding carboxylic acids is 2. The maximum atomic E-state index is 12.4. The monoisotopic (exact) mass is 574 g/mol. The number of rotatable bonds is 13. The minimum Gasteiger partial charge on any atom is -0.494 e. The van der Waals surface area contributed by atoms with Gasteiger partial charge in [-0.1, -0.05) is 12.1 Å². The van der Waals surface area contributed by atoms with Crippen LogP contribution in [-0.2, 0) is 14.4 Å². The topological polar surface area (TPSA) is 143 Å². The summed E-state index contributed by atoms with van der Waals surface area (Å²) in [5.74, 6) is -0.644. The van der Waals surface area contributed by atoms with Gasteiger partial charge in [0.15, 0.2) is 0 Å². The number of nitrogens with two attached hydrogens (primary N) is 2. The van der Waals surface area contributed by atoms with E-state index in [1.165, 1.54) is 36.4 Å². The third-order valence-electron chi connectivity index (χ3n) is 5.59. The molecule has 0 aliphatic heterocycles. The molecular weight excluding hydrogens is 545 g/mol. The fourth-order valence-corrected chi connectivity index (χ4v) is 3.61. The molecule has 5 N–H and O–H groups in total. The van der Waals surface area contributed by atoms with Crippen LogP contribution in [0.25, 0.3) is 6.08 Å². The molecule has 218 valence electrons. The van der Waals surface area contributed by atoms with E-state index in [9.17, 15) is 28.0 Å². The smallest absolute Gasteiger partial charge is 0.389 e. The Morgan fingerprint density at radius 3 is 2.15 bits per heavy atom. The Balaban J connectivity index is 1.42. The van der Waals surface area contributed by atoms with Gasteiger partial charge in [-0.15, -0.1) is 0 Å². The van der Waals surface area contributed by atoms with Crippen molar-refractivity contribution in [3.63, 3.8) is 0 Å². The van der Waals surface area contributed by atoms with E-state index in [1.54, 1.807) is 42.5 Å². The average molecular weight is 575 g/mol. The lowest BCUT2D eigenvalue weighted by Crippen LogP contribution is -2.10. The molecule has 12 heteroatoms. The molecule has 3 aromatic carbocycles. The first-order chi connectivity index (χ1) is 19.5. The standard InChI is InChI=1S/C29H29F3N2O7/c30-29(31,32)13-1-14-38-24-9-5-20(6-10-24)28(36)40-25-7-2-19(3-8-25)4-11-27(35)39-15-12-26(41-37)21-16-22(33)18-23(34)17-21/h2-11,16-18,26,37H,1,12-15,33-34H2/b11-4+. The van der Waals surface area contributed by atoms with Crippen molar-refractivity contribution in [2.75, 3.05) is 24.7 Å². The minimum absolute atomic E-state index is 0.0385. The van der Waals surface area contributed by atoms with Crippen LogP contribution in [0, 0.1) is 0 Å². The first-order valence-electron chi connectivity index (χ1n) is 12.5. The number of benzene rings is 3. The number of hydrogen-bond donors (Lipinski definition) is 3. The third-order valence-corrected chi connectivity index (χ3v) is 5.59. The quantitative estimate of drug-likeness (QED) is 0.0428. The second kappa shape index (κ2) is 14.7. The molecule has 0 bridgehead atoms. The summed E-state index contributed by atoms with van der Waals surface area (Å²) in [4.78, 5) is 28.9. The highest BCUT2D eigenvalue weighted by atomic mass is 19.4. The Labute approximate surface area is 234 Å². The summed E-state index contributed by atoms with van der Waals surface area (Å²) < 4.78 is 52.3. The first-order valence-corrected chi connectivity index (χ1v) is 12.5. The summed E-state index contributed by atoms with van der Waals surface area (Å²) in [6.45, 7) is -0.135. The average Bonchev–Trinajstić information content (AvgIpc) is 2.92. The van der Waals surface area contributed by atoms with Gasteiger partial charge in [0, 0.05) is 30.3 Å². The number of alkyl halides is 3. The van der Waals surface area contributed by atoms with Crippen LogP contribution < -0.4 is 20.9 Å².